The Morgan fingerprint density at radius 3 is 1.88 bits per heavy atom. The van der Waals surface area contributed by atoms with Crippen LogP contribution < -0.4 is 4.90 Å². The van der Waals surface area contributed by atoms with Gasteiger partial charge in [-0.15, -0.1) is 0 Å². The Labute approximate surface area is 290 Å². The number of rotatable bonds is 11. The smallest absolute Gasteiger partial charge is 0.339 e. The predicted molar refractivity (Wildman–Crippen MR) is 175 cm³/mol. The minimum Gasteiger partial charge on any atom is -0.507 e. The third-order valence-corrected chi connectivity index (χ3v) is 10.5. The van der Waals surface area contributed by atoms with Crippen LogP contribution in [0.25, 0.3) is 4.85 Å². The van der Waals surface area contributed by atoms with Crippen molar-refractivity contribution >= 4 is 33.3 Å². The zero-order valence-electron chi connectivity index (χ0n) is 26.8. The van der Waals surface area contributed by atoms with E-state index in [4.69, 9.17) is 6.57 Å². The Hall–Kier alpha value is -5.33. The first-order valence-corrected chi connectivity index (χ1v) is 17.1. The molecule has 9 nitrogen and oxygen atoms in total. The van der Waals surface area contributed by atoms with E-state index in [1.807, 2.05) is 12.1 Å². The minimum atomic E-state index is -5.66. The van der Waals surface area contributed by atoms with Gasteiger partial charge in [0.25, 0.3) is 0 Å². The Bertz CT molecular complexity index is 2090. The van der Waals surface area contributed by atoms with Crippen molar-refractivity contribution in [2.45, 2.75) is 56.0 Å². The van der Waals surface area contributed by atoms with Gasteiger partial charge in [0.15, 0.2) is 33.9 Å². The van der Waals surface area contributed by atoms with Gasteiger partial charge in [0.2, 0.25) is 21.7 Å². The molecule has 1 fully saturated rings. The number of sulfonamides is 1. The van der Waals surface area contributed by atoms with Gasteiger partial charge in [-0.1, -0.05) is 67.8 Å². The Morgan fingerprint density at radius 2 is 1.33 bits per heavy atom. The van der Waals surface area contributed by atoms with Crippen LogP contribution in [-0.2, 0) is 27.9 Å². The first-order chi connectivity index (χ1) is 24.2. The second kappa shape index (κ2) is 15.3. The van der Waals surface area contributed by atoms with Crippen LogP contribution in [0.5, 0.6) is 5.75 Å². The van der Waals surface area contributed by atoms with Crippen LogP contribution >= 0.6 is 0 Å². The molecule has 0 spiro atoms. The fourth-order valence-corrected chi connectivity index (χ4v) is 7.48. The molecule has 0 atom stereocenters. The van der Waals surface area contributed by atoms with E-state index in [2.05, 4.69) is 4.85 Å². The van der Waals surface area contributed by atoms with Gasteiger partial charge in [0.1, 0.15) is 11.3 Å². The van der Waals surface area contributed by atoms with E-state index in [0.29, 0.717) is 11.5 Å². The van der Waals surface area contributed by atoms with Crippen molar-refractivity contribution < 1.29 is 50.2 Å². The number of anilines is 1. The van der Waals surface area contributed by atoms with Gasteiger partial charge in [-0.3, -0.25) is 4.79 Å². The third kappa shape index (κ3) is 7.87. The van der Waals surface area contributed by atoms with E-state index >= 15 is 0 Å². The largest absolute Gasteiger partial charge is 0.507 e. The van der Waals surface area contributed by atoms with Gasteiger partial charge in [-0.25, -0.2) is 40.0 Å². The van der Waals surface area contributed by atoms with Crippen molar-refractivity contribution in [3.05, 3.63) is 129 Å². The molecule has 4 aromatic carbocycles. The van der Waals surface area contributed by atoms with Crippen molar-refractivity contribution in [1.29, 1.82) is 0 Å². The fourth-order valence-electron chi connectivity index (χ4n) is 5.99. The number of hydrogen-bond acceptors (Lipinski definition) is 5. The molecular weight excluding hydrogens is 697 g/mol. The van der Waals surface area contributed by atoms with Crippen LogP contribution in [0.1, 0.15) is 65.1 Å². The van der Waals surface area contributed by atoms with Crippen LogP contribution in [0.15, 0.2) is 71.6 Å². The molecule has 0 saturated heterocycles. The Kier molecular flexibility index (Phi) is 11.1. The van der Waals surface area contributed by atoms with E-state index in [1.165, 1.54) is 30.3 Å². The van der Waals surface area contributed by atoms with Crippen molar-refractivity contribution in [2.24, 2.45) is 0 Å². The maximum absolute atomic E-state index is 14.9. The second-order valence-corrected chi connectivity index (χ2v) is 13.9. The molecular formula is C36H30F5N3O6S. The molecule has 5 rings (SSSR count). The van der Waals surface area contributed by atoms with Gasteiger partial charge in [0, 0.05) is 18.3 Å². The quantitative estimate of drug-likeness (QED) is 0.0705. The molecule has 1 saturated carbocycles. The van der Waals surface area contributed by atoms with Crippen molar-refractivity contribution in [2.75, 3.05) is 11.4 Å². The van der Waals surface area contributed by atoms with Crippen molar-refractivity contribution in [1.82, 2.24) is 4.31 Å². The summed E-state index contributed by atoms with van der Waals surface area (Å²) in [6.45, 7) is 4.86. The summed E-state index contributed by atoms with van der Waals surface area (Å²) < 4.78 is 100. The molecule has 0 aromatic heterocycles. The number of aromatic hydroxyl groups is 1. The molecule has 1 amide bonds. The van der Waals surface area contributed by atoms with Crippen LogP contribution in [-0.4, -0.2) is 41.4 Å². The second-order valence-electron chi connectivity index (χ2n) is 12.0. The molecule has 266 valence electrons. The number of amides is 1. The number of hydrogen-bond donors (Lipinski definition) is 2. The van der Waals surface area contributed by atoms with Gasteiger partial charge >= 0.3 is 5.97 Å². The third-order valence-electron chi connectivity index (χ3n) is 8.72. The molecule has 15 heteroatoms. The van der Waals surface area contributed by atoms with Crippen LogP contribution in [0.4, 0.5) is 33.3 Å². The number of aromatic carboxylic acids is 1. The SMILES string of the molecule is [C-]#[N+]c1ccc(CN(CC(=O)N(Cc2ccc(C3CCCCC3)cc2)c2ccc(C(=O)O)c(O)c2)S(=O)(=O)c2c(F)c(F)c(F)c(F)c2F)cc1. The number of phenols is 1. The van der Waals surface area contributed by atoms with Gasteiger partial charge in [-0.2, -0.15) is 4.31 Å². The molecule has 0 aliphatic heterocycles. The van der Waals surface area contributed by atoms with Gasteiger partial charge in [-0.05, 0) is 47.6 Å². The summed E-state index contributed by atoms with van der Waals surface area (Å²) in [4.78, 5) is 27.7. The molecule has 1 aliphatic rings. The van der Waals surface area contributed by atoms with E-state index in [1.54, 1.807) is 12.1 Å². The van der Waals surface area contributed by atoms with Crippen LogP contribution in [0, 0.1) is 35.7 Å². The number of carboxylic acid groups (broad SMARTS) is 1. The fraction of sp³-hybridized carbons (Fsp3) is 0.250. The highest BCUT2D eigenvalue weighted by Gasteiger charge is 2.39. The summed E-state index contributed by atoms with van der Waals surface area (Å²) in [6.07, 6.45) is 5.39. The molecule has 2 N–H and O–H groups in total. The van der Waals surface area contributed by atoms with Crippen LogP contribution in [0.2, 0.25) is 0 Å². The number of carbonyl (C=O) groups is 2. The summed E-state index contributed by atoms with van der Waals surface area (Å²) in [7, 11) is -5.66. The average molecular weight is 728 g/mol. The number of halogens is 5. The number of carbonyl (C=O) groups excluding carboxylic acids is 1. The maximum atomic E-state index is 14.9. The summed E-state index contributed by atoms with van der Waals surface area (Å²) >= 11 is 0. The molecule has 0 unspecified atom stereocenters. The zero-order chi connectivity index (χ0) is 37.0. The Morgan fingerprint density at radius 1 is 0.784 bits per heavy atom. The number of nitrogens with zero attached hydrogens (tertiary/aromatic N) is 3. The van der Waals surface area contributed by atoms with Crippen LogP contribution in [0.3, 0.4) is 0 Å². The lowest BCUT2D eigenvalue weighted by Crippen LogP contribution is -2.43. The number of benzene rings is 4. The standard InChI is InChI=1S/C36H30F5N3O6S/c1-42-25-13-9-21(10-14-25)18-43(51(49,50)35-33(40)31(38)30(37)32(39)34(35)41)20-29(46)44(26-15-16-27(36(47)48)28(45)17-26)19-22-7-11-24(12-8-22)23-5-3-2-4-6-23/h7-17,23,45H,2-6,18-20H2,(H,47,48). The maximum Gasteiger partial charge on any atom is 0.339 e. The lowest BCUT2D eigenvalue weighted by Gasteiger charge is -2.28. The lowest BCUT2D eigenvalue weighted by molar-refractivity contribution is -0.119. The normalized spacial score (nSPS) is 13.6. The monoisotopic (exact) mass is 727 g/mol. The lowest BCUT2D eigenvalue weighted by atomic mass is 9.84. The van der Waals surface area contributed by atoms with Crippen molar-refractivity contribution in [3.8, 4) is 5.75 Å². The summed E-state index contributed by atoms with van der Waals surface area (Å²) in [5.41, 5.74) is 1.28. The molecule has 0 bridgehead atoms. The average Bonchev–Trinajstić information content (AvgIpc) is 3.12. The molecule has 0 heterocycles. The molecule has 1 aliphatic carbocycles. The van der Waals surface area contributed by atoms with E-state index in [-0.39, 0.29) is 27.8 Å². The van der Waals surface area contributed by atoms with Gasteiger partial charge < -0.3 is 15.1 Å². The molecule has 51 heavy (non-hydrogen) atoms. The van der Waals surface area contributed by atoms with E-state index < -0.39 is 80.3 Å². The first kappa shape index (κ1) is 36.9. The number of carboxylic acids is 1. The molecule has 0 radical (unpaired) electrons. The van der Waals surface area contributed by atoms with Crippen molar-refractivity contribution in [3.63, 3.8) is 0 Å². The van der Waals surface area contributed by atoms with E-state index in [0.717, 1.165) is 54.7 Å². The molecule has 4 aromatic rings. The Balaban J connectivity index is 1.56. The highest BCUT2D eigenvalue weighted by atomic mass is 32.2. The summed E-state index contributed by atoms with van der Waals surface area (Å²) in [5.74, 6) is -15.8. The first-order valence-electron chi connectivity index (χ1n) is 15.7. The zero-order valence-corrected chi connectivity index (χ0v) is 27.6. The summed E-state index contributed by atoms with van der Waals surface area (Å²) in [6, 6.07) is 15.6. The minimum absolute atomic E-state index is 0.0890. The highest BCUT2D eigenvalue weighted by Crippen LogP contribution is 2.34. The predicted octanol–water partition coefficient (Wildman–Crippen LogP) is 7.81. The highest BCUT2D eigenvalue weighted by molar-refractivity contribution is 7.89. The summed E-state index contributed by atoms with van der Waals surface area (Å²) in [5, 5.41) is 19.8. The van der Waals surface area contributed by atoms with Gasteiger partial charge in [0.05, 0.1) is 19.7 Å². The topological polar surface area (TPSA) is 120 Å². The van der Waals surface area contributed by atoms with E-state index in [9.17, 15) is 50.2 Å².